The molecule has 0 unspecified atom stereocenters. The van der Waals surface area contributed by atoms with Crippen LogP contribution in [-0.2, 0) is 13.2 Å². The molecule has 4 heteroatoms. The summed E-state index contributed by atoms with van der Waals surface area (Å²) in [6.07, 6.45) is 0. The van der Waals surface area contributed by atoms with E-state index in [1.807, 2.05) is 37.3 Å². The van der Waals surface area contributed by atoms with Crippen molar-refractivity contribution in [1.82, 2.24) is 0 Å². The number of halogens is 2. The molecule has 0 amide bonds. The van der Waals surface area contributed by atoms with Gasteiger partial charge in [0.25, 0.3) is 0 Å². The first-order valence-corrected chi connectivity index (χ1v) is 6.72. The number of hydrogen-bond acceptors (Lipinski definition) is 2. The summed E-state index contributed by atoms with van der Waals surface area (Å²) in [4.78, 5) is 0. The zero-order chi connectivity index (χ0) is 13.8. The summed E-state index contributed by atoms with van der Waals surface area (Å²) in [6.45, 7) is 2.84. The van der Waals surface area contributed by atoms with Crippen molar-refractivity contribution in [1.29, 1.82) is 0 Å². The molecule has 0 fully saturated rings. The molecule has 0 saturated carbocycles. The van der Waals surface area contributed by atoms with Gasteiger partial charge < -0.3 is 10.5 Å². The number of aryl methyl sites for hydroxylation is 1. The average Bonchev–Trinajstić information content (AvgIpc) is 2.41. The highest BCUT2D eigenvalue weighted by molar-refractivity contribution is 6.42. The molecular weight excluding hydrogens is 281 g/mol. The second-order valence-corrected chi connectivity index (χ2v) is 5.10. The lowest BCUT2D eigenvalue weighted by molar-refractivity contribution is 0.303. The van der Waals surface area contributed by atoms with E-state index in [-0.39, 0.29) is 0 Å². The third kappa shape index (κ3) is 3.41. The lowest BCUT2D eigenvalue weighted by atomic mass is 10.1. The Labute approximate surface area is 123 Å². The molecule has 0 aromatic heterocycles. The zero-order valence-electron chi connectivity index (χ0n) is 10.6. The Balaban J connectivity index is 2.17. The summed E-state index contributed by atoms with van der Waals surface area (Å²) in [5.41, 5.74) is 8.72. The van der Waals surface area contributed by atoms with Gasteiger partial charge in [-0.05, 0) is 19.1 Å². The summed E-state index contributed by atoms with van der Waals surface area (Å²) in [7, 11) is 0. The van der Waals surface area contributed by atoms with Crippen molar-refractivity contribution >= 4 is 23.2 Å². The molecule has 2 nitrogen and oxygen atoms in total. The van der Waals surface area contributed by atoms with E-state index in [2.05, 4.69) is 0 Å². The number of ether oxygens (including phenoxy) is 1. The van der Waals surface area contributed by atoms with Gasteiger partial charge >= 0.3 is 0 Å². The van der Waals surface area contributed by atoms with Gasteiger partial charge in [-0.1, -0.05) is 53.0 Å². The highest BCUT2D eigenvalue weighted by Crippen LogP contribution is 2.27. The largest absolute Gasteiger partial charge is 0.489 e. The van der Waals surface area contributed by atoms with E-state index in [9.17, 15) is 0 Å². The van der Waals surface area contributed by atoms with Gasteiger partial charge in [-0.15, -0.1) is 0 Å². The molecule has 2 aromatic carbocycles. The molecule has 19 heavy (non-hydrogen) atoms. The predicted octanol–water partition coefficient (Wildman–Crippen LogP) is 4.34. The van der Waals surface area contributed by atoms with Crippen LogP contribution in [0.15, 0.2) is 36.4 Å². The number of benzene rings is 2. The van der Waals surface area contributed by atoms with Crippen LogP contribution < -0.4 is 10.5 Å². The smallest absolute Gasteiger partial charge is 0.124 e. The van der Waals surface area contributed by atoms with Gasteiger partial charge in [-0.2, -0.15) is 0 Å². The van der Waals surface area contributed by atoms with E-state index >= 15 is 0 Å². The van der Waals surface area contributed by atoms with Crippen molar-refractivity contribution < 1.29 is 4.74 Å². The molecule has 2 rings (SSSR count). The minimum atomic E-state index is 0.370. The maximum Gasteiger partial charge on any atom is 0.124 e. The quantitative estimate of drug-likeness (QED) is 0.911. The second-order valence-electron chi connectivity index (χ2n) is 4.32. The Morgan fingerprint density at radius 1 is 1.11 bits per heavy atom. The van der Waals surface area contributed by atoms with Crippen LogP contribution >= 0.6 is 23.2 Å². The van der Waals surface area contributed by atoms with Crippen LogP contribution in [0.1, 0.15) is 16.7 Å². The van der Waals surface area contributed by atoms with Gasteiger partial charge in [0.15, 0.2) is 0 Å². The SMILES string of the molecule is Cc1ccc(OCc2cccc(Cl)c2Cl)c(CN)c1. The lowest BCUT2D eigenvalue weighted by Gasteiger charge is -2.12. The fourth-order valence-electron chi connectivity index (χ4n) is 1.82. The summed E-state index contributed by atoms with van der Waals surface area (Å²) in [6, 6.07) is 11.4. The molecule has 0 atom stereocenters. The molecule has 0 aliphatic rings. The molecule has 0 bridgehead atoms. The van der Waals surface area contributed by atoms with E-state index in [4.69, 9.17) is 33.7 Å². The second kappa shape index (κ2) is 6.29. The van der Waals surface area contributed by atoms with Crippen LogP contribution in [0.25, 0.3) is 0 Å². The molecular formula is C15H15Cl2NO. The molecule has 0 heterocycles. The van der Waals surface area contributed by atoms with Crippen LogP contribution in [0.3, 0.4) is 0 Å². The molecule has 0 radical (unpaired) electrons. The van der Waals surface area contributed by atoms with Gasteiger partial charge in [0, 0.05) is 17.7 Å². The lowest BCUT2D eigenvalue weighted by Crippen LogP contribution is -2.03. The molecule has 2 N–H and O–H groups in total. The van der Waals surface area contributed by atoms with Crippen LogP contribution in [-0.4, -0.2) is 0 Å². The Hall–Kier alpha value is -1.22. The monoisotopic (exact) mass is 295 g/mol. The van der Waals surface area contributed by atoms with Crippen LogP contribution in [0.4, 0.5) is 0 Å². The predicted molar refractivity (Wildman–Crippen MR) is 79.9 cm³/mol. The van der Waals surface area contributed by atoms with Crippen molar-refractivity contribution in [2.24, 2.45) is 5.73 Å². The normalized spacial score (nSPS) is 10.5. The summed E-state index contributed by atoms with van der Waals surface area (Å²) >= 11 is 12.1. The minimum Gasteiger partial charge on any atom is -0.489 e. The fourth-order valence-corrected chi connectivity index (χ4v) is 2.20. The summed E-state index contributed by atoms with van der Waals surface area (Å²) in [5.74, 6) is 0.782. The number of nitrogens with two attached hydrogens (primary N) is 1. The van der Waals surface area contributed by atoms with Crippen molar-refractivity contribution in [3.63, 3.8) is 0 Å². The molecule has 0 aliphatic carbocycles. The van der Waals surface area contributed by atoms with Gasteiger partial charge in [-0.3, -0.25) is 0 Å². The molecule has 0 saturated heterocycles. The van der Waals surface area contributed by atoms with E-state index in [1.165, 1.54) is 0 Å². The minimum absolute atomic E-state index is 0.370. The zero-order valence-corrected chi connectivity index (χ0v) is 12.1. The Bertz CT molecular complexity index is 584. The van der Waals surface area contributed by atoms with Crippen LogP contribution in [0, 0.1) is 6.92 Å². The highest BCUT2D eigenvalue weighted by atomic mass is 35.5. The van der Waals surface area contributed by atoms with E-state index in [0.29, 0.717) is 23.2 Å². The topological polar surface area (TPSA) is 35.2 Å². The molecule has 0 aliphatic heterocycles. The fraction of sp³-hybridized carbons (Fsp3) is 0.200. The molecule has 100 valence electrons. The van der Waals surface area contributed by atoms with E-state index in [1.54, 1.807) is 6.07 Å². The Morgan fingerprint density at radius 2 is 1.89 bits per heavy atom. The van der Waals surface area contributed by atoms with E-state index < -0.39 is 0 Å². The highest BCUT2D eigenvalue weighted by Gasteiger charge is 2.07. The number of hydrogen-bond donors (Lipinski definition) is 1. The summed E-state index contributed by atoms with van der Waals surface area (Å²) < 4.78 is 5.78. The maximum absolute atomic E-state index is 6.12. The van der Waals surface area contributed by atoms with Gasteiger partial charge in [-0.25, -0.2) is 0 Å². The molecule has 0 spiro atoms. The first-order valence-electron chi connectivity index (χ1n) is 5.97. The first kappa shape index (κ1) is 14.2. The third-order valence-corrected chi connectivity index (χ3v) is 3.71. The first-order chi connectivity index (χ1) is 9.11. The van der Waals surface area contributed by atoms with E-state index in [0.717, 1.165) is 22.4 Å². The molecule has 2 aromatic rings. The standard InChI is InChI=1S/C15H15Cl2NO/c1-10-5-6-14(12(7-10)8-18)19-9-11-3-2-4-13(16)15(11)17/h2-7H,8-9,18H2,1H3. The number of rotatable bonds is 4. The third-order valence-electron chi connectivity index (χ3n) is 2.85. The van der Waals surface area contributed by atoms with Crippen molar-refractivity contribution in [3.05, 3.63) is 63.1 Å². The van der Waals surface area contributed by atoms with Crippen molar-refractivity contribution in [2.75, 3.05) is 0 Å². The van der Waals surface area contributed by atoms with Gasteiger partial charge in [0.2, 0.25) is 0 Å². The van der Waals surface area contributed by atoms with Crippen LogP contribution in [0.2, 0.25) is 10.0 Å². The van der Waals surface area contributed by atoms with Crippen molar-refractivity contribution in [2.45, 2.75) is 20.1 Å². The maximum atomic E-state index is 6.12. The average molecular weight is 296 g/mol. The van der Waals surface area contributed by atoms with Gasteiger partial charge in [0.05, 0.1) is 10.0 Å². The van der Waals surface area contributed by atoms with Crippen LogP contribution in [0.5, 0.6) is 5.75 Å². The Kier molecular flexibility index (Phi) is 4.70. The summed E-state index contributed by atoms with van der Waals surface area (Å²) in [5, 5.41) is 1.07. The van der Waals surface area contributed by atoms with Crippen molar-refractivity contribution in [3.8, 4) is 5.75 Å². The Morgan fingerprint density at radius 3 is 2.63 bits per heavy atom. The van der Waals surface area contributed by atoms with Gasteiger partial charge in [0.1, 0.15) is 12.4 Å².